The maximum Gasteiger partial charge on any atom is 0.0849 e. The third-order valence-corrected chi connectivity index (χ3v) is 2.11. The van der Waals surface area contributed by atoms with Crippen LogP contribution in [-0.4, -0.2) is 18.4 Å². The van der Waals surface area contributed by atoms with E-state index in [0.717, 1.165) is 0 Å². The fourth-order valence-electron chi connectivity index (χ4n) is 1.37. The smallest absolute Gasteiger partial charge is 0.0849 e. The number of hydrogen-bond donors (Lipinski definition) is 0. The molecule has 3 nitrogen and oxygen atoms in total. The van der Waals surface area contributed by atoms with E-state index in [0.29, 0.717) is 13.2 Å². The largest absolute Gasteiger partial charge is 0.274 e. The number of rotatable bonds is 6. The molecule has 0 aliphatic rings. The number of hydrogen-bond acceptors (Lipinski definition) is 3. The summed E-state index contributed by atoms with van der Waals surface area (Å²) in [6.07, 6.45) is 0. The van der Waals surface area contributed by atoms with E-state index < -0.39 is 0 Å². The van der Waals surface area contributed by atoms with Crippen molar-refractivity contribution in [3.05, 3.63) is 35.9 Å². The predicted octanol–water partition coefficient (Wildman–Crippen LogP) is 2.95. The average Bonchev–Trinajstić information content (AvgIpc) is 2.29. The summed E-state index contributed by atoms with van der Waals surface area (Å²) < 4.78 is 0. The molecule has 0 amide bonds. The zero-order valence-electron chi connectivity index (χ0n) is 9.64. The lowest BCUT2D eigenvalue weighted by Gasteiger charge is -2.26. The molecule has 0 saturated heterocycles. The van der Waals surface area contributed by atoms with E-state index in [1.807, 2.05) is 32.0 Å². The maximum absolute atomic E-state index is 5.41. The van der Waals surface area contributed by atoms with Gasteiger partial charge in [0.2, 0.25) is 0 Å². The zero-order chi connectivity index (χ0) is 11.1. The van der Waals surface area contributed by atoms with Gasteiger partial charge in [0.15, 0.2) is 0 Å². The maximum atomic E-state index is 5.41. The molecule has 1 aromatic carbocycles. The Bertz CT molecular complexity index is 258. The molecule has 0 heterocycles. The summed E-state index contributed by atoms with van der Waals surface area (Å²) in [7, 11) is 0. The van der Waals surface area contributed by atoms with Gasteiger partial charge in [-0.3, -0.25) is 9.68 Å². The van der Waals surface area contributed by atoms with E-state index in [-0.39, 0.29) is 6.04 Å². The van der Waals surface area contributed by atoms with E-state index >= 15 is 0 Å². The van der Waals surface area contributed by atoms with Crippen LogP contribution in [0.5, 0.6) is 0 Å². The predicted molar refractivity (Wildman–Crippen MR) is 59.9 cm³/mol. The number of benzene rings is 1. The van der Waals surface area contributed by atoms with Crippen molar-refractivity contribution in [1.29, 1.82) is 0 Å². The molecule has 1 rings (SSSR count). The second-order valence-electron chi connectivity index (χ2n) is 3.21. The molecule has 0 aromatic heterocycles. The van der Waals surface area contributed by atoms with Crippen molar-refractivity contribution in [1.82, 2.24) is 5.23 Å². The lowest BCUT2D eigenvalue weighted by atomic mass is 10.1. The zero-order valence-corrected chi connectivity index (χ0v) is 9.64. The third kappa shape index (κ3) is 3.63. The Balaban J connectivity index is 2.67. The Hall–Kier alpha value is -0.900. The topological polar surface area (TPSA) is 21.7 Å². The lowest BCUT2D eigenvalue weighted by molar-refractivity contribution is -0.385. The first-order valence-electron chi connectivity index (χ1n) is 5.39. The van der Waals surface area contributed by atoms with Crippen molar-refractivity contribution in [2.24, 2.45) is 0 Å². The molecule has 0 fully saturated rings. The van der Waals surface area contributed by atoms with Gasteiger partial charge in [0.25, 0.3) is 0 Å². The molecule has 1 unspecified atom stereocenters. The standard InChI is InChI=1S/C12H19NO2/c1-4-14-13(15-5-2)11(3)12-9-7-6-8-10-12/h6-11H,4-5H2,1-3H3. The van der Waals surface area contributed by atoms with Crippen LogP contribution in [0.25, 0.3) is 0 Å². The van der Waals surface area contributed by atoms with Crippen LogP contribution in [-0.2, 0) is 9.68 Å². The van der Waals surface area contributed by atoms with Crippen LogP contribution in [0.4, 0.5) is 0 Å². The van der Waals surface area contributed by atoms with Crippen molar-refractivity contribution in [2.75, 3.05) is 13.2 Å². The van der Waals surface area contributed by atoms with Crippen molar-refractivity contribution in [3.8, 4) is 0 Å². The number of nitrogens with zero attached hydrogens (tertiary/aromatic N) is 1. The van der Waals surface area contributed by atoms with Crippen LogP contribution < -0.4 is 0 Å². The Morgan fingerprint density at radius 2 is 1.60 bits per heavy atom. The van der Waals surface area contributed by atoms with Gasteiger partial charge in [-0.1, -0.05) is 35.6 Å². The van der Waals surface area contributed by atoms with E-state index in [1.54, 1.807) is 5.23 Å². The molecule has 0 bridgehead atoms. The molecular formula is C12H19NO2. The summed E-state index contributed by atoms with van der Waals surface area (Å²) in [4.78, 5) is 10.8. The van der Waals surface area contributed by atoms with Crippen LogP contribution in [0.3, 0.4) is 0 Å². The Labute approximate surface area is 91.5 Å². The van der Waals surface area contributed by atoms with Gasteiger partial charge < -0.3 is 0 Å². The SMILES string of the molecule is CCON(OCC)C(C)c1ccccc1. The minimum Gasteiger partial charge on any atom is -0.274 e. The highest BCUT2D eigenvalue weighted by Crippen LogP contribution is 2.20. The molecule has 1 aromatic rings. The summed E-state index contributed by atoms with van der Waals surface area (Å²) >= 11 is 0. The van der Waals surface area contributed by atoms with Gasteiger partial charge in [-0.15, -0.1) is 0 Å². The molecule has 0 spiro atoms. The summed E-state index contributed by atoms with van der Waals surface area (Å²) in [5.41, 5.74) is 1.18. The highest BCUT2D eigenvalue weighted by molar-refractivity contribution is 5.17. The summed E-state index contributed by atoms with van der Waals surface area (Å²) in [6.45, 7) is 7.17. The molecular weight excluding hydrogens is 190 g/mol. The molecule has 15 heavy (non-hydrogen) atoms. The minimum absolute atomic E-state index is 0.103. The lowest BCUT2D eigenvalue weighted by Crippen LogP contribution is -2.27. The monoisotopic (exact) mass is 209 g/mol. The molecule has 0 radical (unpaired) electrons. The second kappa shape index (κ2) is 6.56. The van der Waals surface area contributed by atoms with Crippen LogP contribution in [0.1, 0.15) is 32.4 Å². The van der Waals surface area contributed by atoms with Gasteiger partial charge >= 0.3 is 0 Å². The van der Waals surface area contributed by atoms with Gasteiger partial charge in [0.05, 0.1) is 19.3 Å². The molecule has 0 N–H and O–H groups in total. The molecule has 0 aliphatic heterocycles. The molecule has 1 atom stereocenters. The van der Waals surface area contributed by atoms with Crippen molar-refractivity contribution in [2.45, 2.75) is 26.8 Å². The van der Waals surface area contributed by atoms with E-state index in [2.05, 4.69) is 19.1 Å². The van der Waals surface area contributed by atoms with Gasteiger partial charge in [0, 0.05) is 0 Å². The van der Waals surface area contributed by atoms with Crippen molar-refractivity contribution < 1.29 is 9.68 Å². The number of hydroxylamine groups is 2. The van der Waals surface area contributed by atoms with Gasteiger partial charge in [0.1, 0.15) is 0 Å². The molecule has 3 heteroatoms. The molecule has 84 valence electrons. The first-order valence-corrected chi connectivity index (χ1v) is 5.39. The third-order valence-electron chi connectivity index (χ3n) is 2.11. The van der Waals surface area contributed by atoms with Crippen LogP contribution in [0.2, 0.25) is 0 Å². The second-order valence-corrected chi connectivity index (χ2v) is 3.21. The molecule has 0 aliphatic carbocycles. The van der Waals surface area contributed by atoms with Gasteiger partial charge in [-0.2, -0.15) is 0 Å². The van der Waals surface area contributed by atoms with E-state index in [9.17, 15) is 0 Å². The molecule has 0 saturated carbocycles. The van der Waals surface area contributed by atoms with Crippen molar-refractivity contribution >= 4 is 0 Å². The normalized spacial score (nSPS) is 13.1. The first-order chi connectivity index (χ1) is 7.29. The van der Waals surface area contributed by atoms with E-state index in [1.165, 1.54) is 5.56 Å². The van der Waals surface area contributed by atoms with Crippen LogP contribution in [0, 0.1) is 0 Å². The van der Waals surface area contributed by atoms with Crippen molar-refractivity contribution in [3.63, 3.8) is 0 Å². The average molecular weight is 209 g/mol. The Kier molecular flexibility index (Phi) is 5.32. The van der Waals surface area contributed by atoms with E-state index in [4.69, 9.17) is 9.68 Å². The van der Waals surface area contributed by atoms with Crippen LogP contribution >= 0.6 is 0 Å². The Morgan fingerprint density at radius 1 is 1.07 bits per heavy atom. The minimum atomic E-state index is 0.103. The van der Waals surface area contributed by atoms with Crippen LogP contribution in [0.15, 0.2) is 30.3 Å². The summed E-state index contributed by atoms with van der Waals surface area (Å²) in [5.74, 6) is 0. The fraction of sp³-hybridized carbons (Fsp3) is 0.500. The highest BCUT2D eigenvalue weighted by Gasteiger charge is 2.16. The summed E-state index contributed by atoms with van der Waals surface area (Å²) in [5, 5.41) is 1.56. The fourth-order valence-corrected chi connectivity index (χ4v) is 1.37. The quantitative estimate of drug-likeness (QED) is 0.672. The van der Waals surface area contributed by atoms with Gasteiger partial charge in [-0.25, -0.2) is 0 Å². The highest BCUT2D eigenvalue weighted by atomic mass is 16.9. The Morgan fingerprint density at radius 3 is 2.07 bits per heavy atom. The summed E-state index contributed by atoms with van der Waals surface area (Å²) in [6, 6.07) is 10.3. The first kappa shape index (κ1) is 12.2. The van der Waals surface area contributed by atoms with Gasteiger partial charge in [-0.05, 0) is 26.3 Å².